The van der Waals surface area contributed by atoms with Crippen molar-refractivity contribution >= 4 is 16.9 Å². The normalized spacial score (nSPS) is 13.9. The summed E-state index contributed by atoms with van der Waals surface area (Å²) in [4.78, 5) is 20.5. The minimum Gasteiger partial charge on any atom is -0.491 e. The fourth-order valence-electron chi connectivity index (χ4n) is 2.62. The molecule has 0 unspecified atom stereocenters. The molecular weight excluding hydrogens is 297 g/mol. The number of benzene rings is 2. The van der Waals surface area contributed by atoms with Crippen molar-refractivity contribution in [2.45, 2.75) is 0 Å². The number of halogens is 1. The molecular formula is C17H12FN3O2. The number of hydrogen-bond acceptors (Lipinski definition) is 4. The number of aromatic nitrogens is 2. The molecule has 2 aromatic carbocycles. The third kappa shape index (κ3) is 2.38. The van der Waals surface area contributed by atoms with Crippen molar-refractivity contribution in [1.82, 2.24) is 15.3 Å². The number of fused-ring (bicyclic) bond motifs is 2. The number of carbonyl (C=O) groups is 1. The highest BCUT2D eigenvalue weighted by Gasteiger charge is 2.20. The summed E-state index contributed by atoms with van der Waals surface area (Å²) in [7, 11) is 0. The van der Waals surface area contributed by atoms with E-state index in [0.29, 0.717) is 35.4 Å². The van der Waals surface area contributed by atoms with Gasteiger partial charge in [-0.2, -0.15) is 0 Å². The Bertz CT molecular complexity index is 927. The summed E-state index contributed by atoms with van der Waals surface area (Å²) >= 11 is 0. The highest BCUT2D eigenvalue weighted by atomic mass is 19.1. The van der Waals surface area contributed by atoms with Gasteiger partial charge in [-0.25, -0.2) is 4.39 Å². The molecule has 2 heterocycles. The van der Waals surface area contributed by atoms with Gasteiger partial charge in [0.2, 0.25) is 0 Å². The van der Waals surface area contributed by atoms with Crippen LogP contribution in [-0.4, -0.2) is 29.0 Å². The lowest BCUT2D eigenvalue weighted by atomic mass is 10.0. The molecule has 0 radical (unpaired) electrons. The minimum absolute atomic E-state index is 0.265. The number of ether oxygens (including phenoxy) is 1. The summed E-state index contributed by atoms with van der Waals surface area (Å²) in [6.45, 7) is 0.721. The molecule has 1 aromatic heterocycles. The average Bonchev–Trinajstić information content (AvgIpc) is 2.75. The Labute approximate surface area is 131 Å². The summed E-state index contributed by atoms with van der Waals surface area (Å²) in [5.74, 6) is -0.442. The van der Waals surface area contributed by atoms with E-state index >= 15 is 0 Å². The van der Waals surface area contributed by atoms with Crippen molar-refractivity contribution in [3.05, 3.63) is 54.1 Å². The molecule has 5 nitrogen and oxygen atoms in total. The maximum atomic E-state index is 14.5. The number of nitrogens with one attached hydrogen (secondary N) is 1. The molecule has 0 spiro atoms. The van der Waals surface area contributed by atoms with Crippen molar-refractivity contribution in [3.8, 4) is 16.9 Å². The second-order valence-corrected chi connectivity index (χ2v) is 5.19. The van der Waals surface area contributed by atoms with Crippen LogP contribution in [0.25, 0.3) is 22.2 Å². The molecule has 0 fully saturated rings. The molecule has 1 N–H and O–H groups in total. The van der Waals surface area contributed by atoms with E-state index in [-0.39, 0.29) is 11.7 Å². The monoisotopic (exact) mass is 309 g/mol. The van der Waals surface area contributed by atoms with Crippen LogP contribution in [0.5, 0.6) is 5.75 Å². The second kappa shape index (κ2) is 5.31. The number of amides is 1. The standard InChI is InChI=1S/C17H12FN3O2/c18-13-9-16-12(17(22)21-5-6-23-16)8-11(13)10-1-2-14-15(7-10)20-4-3-19-14/h1-4,7-9H,5-6H2,(H,21,22). The molecule has 1 aliphatic heterocycles. The van der Waals surface area contributed by atoms with Crippen LogP contribution < -0.4 is 10.1 Å². The summed E-state index contributed by atoms with van der Waals surface area (Å²) in [5, 5.41) is 2.72. The van der Waals surface area contributed by atoms with Gasteiger partial charge in [0.15, 0.2) is 0 Å². The molecule has 6 heteroatoms. The van der Waals surface area contributed by atoms with Gasteiger partial charge in [-0.3, -0.25) is 14.8 Å². The van der Waals surface area contributed by atoms with Crippen molar-refractivity contribution in [2.75, 3.05) is 13.2 Å². The van der Waals surface area contributed by atoms with Crippen molar-refractivity contribution < 1.29 is 13.9 Å². The van der Waals surface area contributed by atoms with Gasteiger partial charge >= 0.3 is 0 Å². The van der Waals surface area contributed by atoms with Crippen LogP contribution >= 0.6 is 0 Å². The van der Waals surface area contributed by atoms with E-state index in [2.05, 4.69) is 15.3 Å². The van der Waals surface area contributed by atoms with E-state index in [4.69, 9.17) is 4.74 Å². The van der Waals surface area contributed by atoms with Gasteiger partial charge in [-0.15, -0.1) is 0 Å². The van der Waals surface area contributed by atoms with Gasteiger partial charge in [0.25, 0.3) is 5.91 Å². The molecule has 114 valence electrons. The van der Waals surface area contributed by atoms with Crippen LogP contribution in [0.4, 0.5) is 4.39 Å². The molecule has 1 amide bonds. The molecule has 23 heavy (non-hydrogen) atoms. The fraction of sp³-hybridized carbons (Fsp3) is 0.118. The molecule has 0 saturated carbocycles. The summed E-state index contributed by atoms with van der Waals surface area (Å²) in [5.41, 5.74) is 2.69. The van der Waals surface area contributed by atoms with Crippen molar-refractivity contribution in [2.24, 2.45) is 0 Å². The Kier molecular flexibility index (Phi) is 3.15. The predicted octanol–water partition coefficient (Wildman–Crippen LogP) is 2.56. The first-order valence-electron chi connectivity index (χ1n) is 7.18. The first kappa shape index (κ1) is 13.6. The van der Waals surface area contributed by atoms with E-state index in [1.165, 1.54) is 12.1 Å². The average molecular weight is 309 g/mol. The summed E-state index contributed by atoms with van der Waals surface area (Å²) in [6, 6.07) is 8.07. The van der Waals surface area contributed by atoms with Crippen LogP contribution in [0.3, 0.4) is 0 Å². The Morgan fingerprint density at radius 1 is 1.04 bits per heavy atom. The van der Waals surface area contributed by atoms with Crippen LogP contribution in [0.1, 0.15) is 10.4 Å². The second-order valence-electron chi connectivity index (χ2n) is 5.19. The van der Waals surface area contributed by atoms with E-state index in [1.54, 1.807) is 30.6 Å². The molecule has 1 aliphatic rings. The van der Waals surface area contributed by atoms with Gasteiger partial charge in [0.1, 0.15) is 18.2 Å². The van der Waals surface area contributed by atoms with Crippen LogP contribution in [0, 0.1) is 5.82 Å². The molecule has 0 saturated heterocycles. The Morgan fingerprint density at radius 3 is 2.74 bits per heavy atom. The zero-order valence-electron chi connectivity index (χ0n) is 12.0. The molecule has 4 rings (SSSR count). The lowest BCUT2D eigenvalue weighted by Crippen LogP contribution is -2.24. The quantitative estimate of drug-likeness (QED) is 0.750. The van der Waals surface area contributed by atoms with Crippen molar-refractivity contribution in [3.63, 3.8) is 0 Å². The summed E-state index contributed by atoms with van der Waals surface area (Å²) in [6.07, 6.45) is 3.19. The third-order valence-electron chi connectivity index (χ3n) is 3.74. The van der Waals surface area contributed by atoms with Crippen LogP contribution in [0.15, 0.2) is 42.7 Å². The largest absolute Gasteiger partial charge is 0.491 e. The number of rotatable bonds is 1. The molecule has 0 atom stereocenters. The lowest BCUT2D eigenvalue weighted by molar-refractivity contribution is 0.0957. The van der Waals surface area contributed by atoms with Gasteiger partial charge < -0.3 is 10.1 Å². The Morgan fingerprint density at radius 2 is 1.87 bits per heavy atom. The molecule has 0 aliphatic carbocycles. The number of carbonyl (C=O) groups excluding carboxylic acids is 1. The first-order chi connectivity index (χ1) is 11.2. The van der Waals surface area contributed by atoms with E-state index < -0.39 is 5.82 Å². The maximum Gasteiger partial charge on any atom is 0.255 e. The van der Waals surface area contributed by atoms with E-state index in [0.717, 1.165) is 5.52 Å². The molecule has 3 aromatic rings. The fourth-order valence-corrected chi connectivity index (χ4v) is 2.62. The zero-order chi connectivity index (χ0) is 15.8. The van der Waals surface area contributed by atoms with Crippen LogP contribution in [0.2, 0.25) is 0 Å². The van der Waals surface area contributed by atoms with E-state index in [1.807, 2.05) is 0 Å². The lowest BCUT2D eigenvalue weighted by Gasteiger charge is -2.10. The van der Waals surface area contributed by atoms with E-state index in [9.17, 15) is 9.18 Å². The maximum absolute atomic E-state index is 14.5. The van der Waals surface area contributed by atoms with Gasteiger partial charge in [0, 0.05) is 24.0 Å². The van der Waals surface area contributed by atoms with Crippen LogP contribution in [-0.2, 0) is 0 Å². The zero-order valence-corrected chi connectivity index (χ0v) is 12.0. The minimum atomic E-state index is -0.443. The Hall–Kier alpha value is -3.02. The SMILES string of the molecule is O=C1NCCOc2cc(F)c(-c3ccc4nccnc4c3)cc21. The molecule has 0 bridgehead atoms. The third-order valence-corrected chi connectivity index (χ3v) is 3.74. The van der Waals surface area contributed by atoms with Crippen molar-refractivity contribution in [1.29, 1.82) is 0 Å². The highest BCUT2D eigenvalue weighted by Crippen LogP contribution is 2.31. The predicted molar refractivity (Wildman–Crippen MR) is 82.8 cm³/mol. The smallest absolute Gasteiger partial charge is 0.255 e. The Balaban J connectivity index is 1.88. The number of hydrogen-bond donors (Lipinski definition) is 1. The van der Waals surface area contributed by atoms with Gasteiger partial charge in [-0.1, -0.05) is 6.07 Å². The highest BCUT2D eigenvalue weighted by molar-refractivity contribution is 5.98. The van der Waals surface area contributed by atoms with Gasteiger partial charge in [-0.05, 0) is 23.8 Å². The topological polar surface area (TPSA) is 64.1 Å². The first-order valence-corrected chi connectivity index (χ1v) is 7.18. The van der Waals surface area contributed by atoms with Gasteiger partial charge in [0.05, 0.1) is 23.1 Å². The number of nitrogens with zero attached hydrogens (tertiary/aromatic N) is 2. The summed E-state index contributed by atoms with van der Waals surface area (Å²) < 4.78 is 19.9.